The summed E-state index contributed by atoms with van der Waals surface area (Å²) >= 11 is 3.26. The van der Waals surface area contributed by atoms with Crippen LogP contribution in [0.5, 0.6) is 0 Å². The first-order valence-electron chi connectivity index (χ1n) is 6.12. The summed E-state index contributed by atoms with van der Waals surface area (Å²) in [5.41, 5.74) is -0.556. The van der Waals surface area contributed by atoms with Crippen molar-refractivity contribution in [1.29, 1.82) is 0 Å². The normalized spacial score (nSPS) is 16.1. The summed E-state index contributed by atoms with van der Waals surface area (Å²) in [4.78, 5) is 25.1. The average molecular weight is 329 g/mol. The zero-order chi connectivity index (χ0) is 14.2. The maximum atomic E-state index is 11.8. The molecule has 2 rings (SSSR count). The fraction of sp³-hybridized carbons (Fsp3) is 0.538. The van der Waals surface area contributed by atoms with Gasteiger partial charge in [-0.1, -0.05) is 15.9 Å². The lowest BCUT2D eigenvalue weighted by Gasteiger charge is -2.40. The molecule has 1 aromatic heterocycles. The van der Waals surface area contributed by atoms with Crippen LogP contribution in [0.2, 0.25) is 0 Å². The Morgan fingerprint density at radius 1 is 1.42 bits per heavy atom. The van der Waals surface area contributed by atoms with E-state index in [1.807, 2.05) is 26.8 Å². The van der Waals surface area contributed by atoms with Gasteiger partial charge in [0.25, 0.3) is 5.56 Å². The number of ether oxygens (including phenoxy) is 1. The molecule has 0 radical (unpaired) electrons. The zero-order valence-corrected chi connectivity index (χ0v) is 12.8. The van der Waals surface area contributed by atoms with Crippen molar-refractivity contribution in [3.8, 4) is 0 Å². The van der Waals surface area contributed by atoms with Crippen LogP contribution in [0.15, 0.2) is 27.6 Å². The van der Waals surface area contributed by atoms with Crippen LogP contribution in [0.25, 0.3) is 0 Å². The molecule has 0 spiro atoms. The number of aromatic nitrogens is 1. The van der Waals surface area contributed by atoms with E-state index in [0.29, 0.717) is 13.1 Å². The van der Waals surface area contributed by atoms with Crippen molar-refractivity contribution in [3.05, 3.63) is 33.2 Å². The number of hydrogen-bond acceptors (Lipinski definition) is 3. The van der Waals surface area contributed by atoms with Gasteiger partial charge in [-0.2, -0.15) is 0 Å². The number of carbonyl (C=O) groups excluding carboxylic acids is 1. The van der Waals surface area contributed by atoms with Crippen LogP contribution < -0.4 is 5.56 Å². The van der Waals surface area contributed by atoms with E-state index in [9.17, 15) is 9.59 Å². The molecule has 5 nitrogen and oxygen atoms in total. The highest BCUT2D eigenvalue weighted by molar-refractivity contribution is 9.10. The molecule has 0 atom stereocenters. The summed E-state index contributed by atoms with van der Waals surface area (Å²) in [5, 5.41) is 0. The van der Waals surface area contributed by atoms with Gasteiger partial charge in [-0.25, -0.2) is 4.79 Å². The van der Waals surface area contributed by atoms with Gasteiger partial charge in [0.15, 0.2) is 0 Å². The molecule has 1 aromatic rings. The fourth-order valence-corrected chi connectivity index (χ4v) is 2.19. The first-order chi connectivity index (χ1) is 8.76. The Morgan fingerprint density at radius 3 is 2.58 bits per heavy atom. The monoisotopic (exact) mass is 328 g/mol. The van der Waals surface area contributed by atoms with Crippen molar-refractivity contribution in [2.24, 2.45) is 0 Å². The van der Waals surface area contributed by atoms with Crippen LogP contribution in [0, 0.1) is 0 Å². The Bertz CT molecular complexity index is 542. The third kappa shape index (κ3) is 3.37. The molecule has 0 aliphatic carbocycles. The molecule has 0 saturated carbocycles. The highest BCUT2D eigenvalue weighted by atomic mass is 79.9. The molecule has 0 unspecified atom stereocenters. The molecule has 6 heteroatoms. The molecule has 104 valence electrons. The molecule has 1 aliphatic rings. The van der Waals surface area contributed by atoms with Gasteiger partial charge in [-0.3, -0.25) is 4.79 Å². The van der Waals surface area contributed by atoms with Gasteiger partial charge in [-0.15, -0.1) is 0 Å². The molecule has 0 aromatic carbocycles. The third-order valence-electron chi connectivity index (χ3n) is 2.82. The minimum atomic E-state index is -0.489. The highest BCUT2D eigenvalue weighted by Crippen LogP contribution is 2.22. The number of pyridine rings is 1. The molecule has 1 fully saturated rings. The molecule has 0 N–H and O–H groups in total. The van der Waals surface area contributed by atoms with E-state index in [1.165, 1.54) is 6.07 Å². The summed E-state index contributed by atoms with van der Waals surface area (Å²) in [6, 6.07) is 3.38. The van der Waals surface area contributed by atoms with Crippen molar-refractivity contribution >= 4 is 22.0 Å². The minimum Gasteiger partial charge on any atom is -0.444 e. The van der Waals surface area contributed by atoms with E-state index < -0.39 is 5.60 Å². The van der Waals surface area contributed by atoms with Crippen LogP contribution in [-0.2, 0) is 4.74 Å². The summed E-state index contributed by atoms with van der Waals surface area (Å²) < 4.78 is 7.67. The van der Waals surface area contributed by atoms with Crippen molar-refractivity contribution in [2.45, 2.75) is 32.4 Å². The molecule has 1 aliphatic heterocycles. The number of nitrogens with zero attached hydrogens (tertiary/aromatic N) is 2. The lowest BCUT2D eigenvalue weighted by molar-refractivity contribution is 0.000655. The van der Waals surface area contributed by atoms with Crippen LogP contribution in [0.1, 0.15) is 26.8 Å². The number of hydrogen-bond donors (Lipinski definition) is 0. The number of rotatable bonds is 1. The SMILES string of the molecule is CC(C)(C)OC(=O)N1CC(n2ccc(Br)cc2=O)C1. The van der Waals surface area contributed by atoms with Gasteiger partial charge >= 0.3 is 6.09 Å². The van der Waals surface area contributed by atoms with Gasteiger partial charge in [0.1, 0.15) is 5.60 Å². The summed E-state index contributed by atoms with van der Waals surface area (Å²) in [5.74, 6) is 0. The molecule has 1 amide bonds. The standard InChI is InChI=1S/C13H17BrN2O3/c1-13(2,3)19-12(18)15-7-10(8-15)16-5-4-9(14)6-11(16)17/h4-6,10H,7-8H2,1-3H3. The molecule has 2 heterocycles. The van der Waals surface area contributed by atoms with Crippen LogP contribution >= 0.6 is 15.9 Å². The Labute approximate surface area is 120 Å². The maximum absolute atomic E-state index is 11.8. The Morgan fingerprint density at radius 2 is 2.05 bits per heavy atom. The quantitative estimate of drug-likeness (QED) is 0.795. The number of amides is 1. The summed E-state index contributed by atoms with van der Waals surface area (Å²) in [6.45, 7) is 6.52. The molecule has 1 saturated heterocycles. The fourth-order valence-electron chi connectivity index (χ4n) is 1.87. The number of halogens is 1. The Balaban J connectivity index is 1.96. The lowest BCUT2D eigenvalue weighted by atomic mass is 10.1. The first-order valence-corrected chi connectivity index (χ1v) is 6.91. The molecule has 19 heavy (non-hydrogen) atoms. The van der Waals surface area contributed by atoms with E-state index in [-0.39, 0.29) is 17.7 Å². The summed E-state index contributed by atoms with van der Waals surface area (Å²) in [7, 11) is 0. The van der Waals surface area contributed by atoms with Crippen LogP contribution in [-0.4, -0.2) is 34.3 Å². The number of carbonyl (C=O) groups is 1. The molecule has 0 bridgehead atoms. The molecular weight excluding hydrogens is 312 g/mol. The smallest absolute Gasteiger partial charge is 0.410 e. The highest BCUT2D eigenvalue weighted by Gasteiger charge is 2.34. The Kier molecular flexibility index (Phi) is 3.71. The minimum absolute atomic E-state index is 0.0353. The molecular formula is C13H17BrN2O3. The van der Waals surface area contributed by atoms with E-state index in [1.54, 1.807) is 15.7 Å². The van der Waals surface area contributed by atoms with E-state index in [2.05, 4.69) is 15.9 Å². The second-order valence-corrected chi connectivity index (χ2v) is 6.55. The first kappa shape index (κ1) is 14.1. The van der Waals surface area contributed by atoms with Crippen molar-refractivity contribution < 1.29 is 9.53 Å². The van der Waals surface area contributed by atoms with Gasteiger partial charge in [-0.05, 0) is 26.8 Å². The predicted molar refractivity (Wildman–Crippen MR) is 75.2 cm³/mol. The number of likely N-dealkylation sites (tertiary alicyclic amines) is 1. The average Bonchev–Trinajstić information content (AvgIpc) is 2.16. The summed E-state index contributed by atoms with van der Waals surface area (Å²) in [6.07, 6.45) is 1.41. The predicted octanol–water partition coefficient (Wildman–Crippen LogP) is 2.40. The van der Waals surface area contributed by atoms with Gasteiger partial charge < -0.3 is 14.2 Å². The van der Waals surface area contributed by atoms with E-state index in [4.69, 9.17) is 4.74 Å². The third-order valence-corrected chi connectivity index (χ3v) is 3.31. The van der Waals surface area contributed by atoms with Crippen LogP contribution in [0.4, 0.5) is 4.79 Å². The topological polar surface area (TPSA) is 51.5 Å². The van der Waals surface area contributed by atoms with Crippen molar-refractivity contribution in [1.82, 2.24) is 9.47 Å². The van der Waals surface area contributed by atoms with Crippen LogP contribution in [0.3, 0.4) is 0 Å². The second-order valence-electron chi connectivity index (χ2n) is 5.63. The van der Waals surface area contributed by atoms with E-state index >= 15 is 0 Å². The van der Waals surface area contributed by atoms with Crippen molar-refractivity contribution in [2.75, 3.05) is 13.1 Å². The maximum Gasteiger partial charge on any atom is 0.410 e. The Hall–Kier alpha value is -1.30. The van der Waals surface area contributed by atoms with Gasteiger partial charge in [0.05, 0.1) is 6.04 Å². The van der Waals surface area contributed by atoms with Gasteiger partial charge in [0.2, 0.25) is 0 Å². The second kappa shape index (κ2) is 5.00. The largest absolute Gasteiger partial charge is 0.444 e. The van der Waals surface area contributed by atoms with Crippen molar-refractivity contribution in [3.63, 3.8) is 0 Å². The zero-order valence-electron chi connectivity index (χ0n) is 11.2. The van der Waals surface area contributed by atoms with E-state index in [0.717, 1.165) is 4.47 Å². The lowest BCUT2D eigenvalue weighted by Crippen LogP contribution is -2.53. The van der Waals surface area contributed by atoms with Gasteiger partial charge in [0, 0.05) is 29.8 Å².